The summed E-state index contributed by atoms with van der Waals surface area (Å²) in [7, 11) is 0. The molecule has 1 saturated carbocycles. The van der Waals surface area contributed by atoms with E-state index < -0.39 is 0 Å². The molecule has 2 aromatic carbocycles. The van der Waals surface area contributed by atoms with Crippen molar-refractivity contribution in [1.29, 1.82) is 0 Å². The van der Waals surface area contributed by atoms with Crippen molar-refractivity contribution in [3.05, 3.63) is 57.3 Å². The number of hydrogen-bond acceptors (Lipinski definition) is 2. The Morgan fingerprint density at radius 2 is 2.11 bits per heavy atom. The number of H-pyrrole nitrogens is 1. The lowest BCUT2D eigenvalue weighted by Gasteiger charge is -2.19. The van der Waals surface area contributed by atoms with Gasteiger partial charge in [-0.15, -0.1) is 0 Å². The van der Waals surface area contributed by atoms with Gasteiger partial charge in [-0.3, -0.25) is 9.89 Å². The van der Waals surface area contributed by atoms with Crippen molar-refractivity contribution in [2.45, 2.75) is 38.0 Å². The van der Waals surface area contributed by atoms with Crippen LogP contribution in [0, 0.1) is 9.62 Å². The number of carbonyl (C=O) groups is 1. The van der Waals surface area contributed by atoms with Gasteiger partial charge in [-0.1, -0.05) is 38.1 Å². The fourth-order valence-electron chi connectivity index (χ4n) is 4.58. The molecule has 1 N–H and O–H groups in total. The van der Waals surface area contributed by atoms with Gasteiger partial charge in [0, 0.05) is 23.5 Å². The van der Waals surface area contributed by atoms with E-state index in [1.807, 2.05) is 11.0 Å². The van der Waals surface area contributed by atoms with Gasteiger partial charge in [0.15, 0.2) is 0 Å². The smallest absolute Gasteiger partial charge is 0.238 e. The number of hydrogen-bond donors (Lipinski definition) is 1. The minimum absolute atomic E-state index is 0.251. The van der Waals surface area contributed by atoms with E-state index in [0.29, 0.717) is 5.92 Å². The maximum Gasteiger partial charge on any atom is 0.238 e. The van der Waals surface area contributed by atoms with Crippen LogP contribution in [0.5, 0.6) is 0 Å². The summed E-state index contributed by atoms with van der Waals surface area (Å²) in [5, 5.41) is 8.55. The Balaban J connectivity index is 1.53. The number of para-hydroxylation sites is 1. The molecule has 5 heteroatoms. The molecule has 0 bridgehead atoms. The van der Waals surface area contributed by atoms with Crippen molar-refractivity contribution in [2.75, 3.05) is 11.4 Å². The normalized spacial score (nSPS) is 23.6. The summed E-state index contributed by atoms with van der Waals surface area (Å²) in [5.41, 5.74) is 4.24. The number of rotatable bonds is 4. The van der Waals surface area contributed by atoms with Crippen LogP contribution in [0.2, 0.25) is 0 Å². The Morgan fingerprint density at radius 3 is 2.93 bits per heavy atom. The molecule has 1 fully saturated rings. The van der Waals surface area contributed by atoms with Crippen molar-refractivity contribution in [3.63, 3.8) is 0 Å². The van der Waals surface area contributed by atoms with E-state index in [9.17, 15) is 4.79 Å². The van der Waals surface area contributed by atoms with Crippen molar-refractivity contribution >= 4 is 45.1 Å². The first-order valence-electron chi connectivity index (χ1n) is 9.57. The second-order valence-electron chi connectivity index (χ2n) is 8.20. The molecule has 0 radical (unpaired) electrons. The number of nitrogens with zero attached hydrogens (tertiary/aromatic N) is 2. The zero-order valence-corrected chi connectivity index (χ0v) is 17.7. The molecule has 4 nitrogen and oxygen atoms in total. The molecule has 3 aromatic rings. The molecular formula is C22H22IN3O. The van der Waals surface area contributed by atoms with Crippen LogP contribution in [0.4, 0.5) is 5.69 Å². The quantitative estimate of drug-likeness (QED) is 0.546. The highest BCUT2D eigenvalue weighted by Gasteiger charge is 2.66. The lowest BCUT2D eigenvalue weighted by Crippen LogP contribution is -2.34. The maximum absolute atomic E-state index is 13.5. The Kier molecular flexibility index (Phi) is 3.86. The number of fused-ring (bicyclic) bond motifs is 3. The molecule has 2 aliphatic rings. The number of halogens is 1. The minimum atomic E-state index is -0.367. The van der Waals surface area contributed by atoms with E-state index in [2.05, 4.69) is 83.0 Å². The van der Waals surface area contributed by atoms with Gasteiger partial charge in [-0.2, -0.15) is 5.10 Å². The SMILES string of the molecule is CC(C)CCN1C(=O)[C@@]2(C[C@H]2c2ccc3c(I)n[nH]c3c2)c2ccccc21. The average molecular weight is 471 g/mol. The van der Waals surface area contributed by atoms with Crippen LogP contribution in [0.3, 0.4) is 0 Å². The van der Waals surface area contributed by atoms with Gasteiger partial charge in [0.25, 0.3) is 0 Å². The first-order chi connectivity index (χ1) is 13.0. The van der Waals surface area contributed by atoms with Crippen LogP contribution < -0.4 is 4.90 Å². The van der Waals surface area contributed by atoms with Crippen LogP contribution in [0.15, 0.2) is 42.5 Å². The third-order valence-corrected chi connectivity index (χ3v) is 6.96. The number of nitrogens with one attached hydrogen (secondary N) is 1. The molecule has 1 aromatic heterocycles. The second-order valence-corrected chi connectivity index (χ2v) is 9.23. The van der Waals surface area contributed by atoms with Crippen molar-refractivity contribution in [3.8, 4) is 0 Å². The van der Waals surface area contributed by atoms with Crippen LogP contribution in [-0.2, 0) is 10.2 Å². The number of aromatic amines is 1. The van der Waals surface area contributed by atoms with Gasteiger partial charge in [0.1, 0.15) is 3.70 Å². The highest BCUT2D eigenvalue weighted by molar-refractivity contribution is 14.1. The maximum atomic E-state index is 13.5. The summed E-state index contributed by atoms with van der Waals surface area (Å²) in [6.07, 6.45) is 1.93. The fourth-order valence-corrected chi connectivity index (χ4v) is 5.17. The van der Waals surface area contributed by atoms with E-state index >= 15 is 0 Å². The summed E-state index contributed by atoms with van der Waals surface area (Å²) in [6.45, 7) is 5.23. The van der Waals surface area contributed by atoms with Gasteiger partial charge < -0.3 is 4.90 Å². The zero-order chi connectivity index (χ0) is 18.8. The highest BCUT2D eigenvalue weighted by atomic mass is 127. The number of benzene rings is 2. The average Bonchev–Trinajstić information content (AvgIpc) is 3.25. The van der Waals surface area contributed by atoms with Crippen LogP contribution >= 0.6 is 22.6 Å². The summed E-state index contributed by atoms with van der Waals surface area (Å²) >= 11 is 2.25. The Hall–Kier alpha value is -1.89. The highest BCUT2D eigenvalue weighted by Crippen LogP contribution is 2.66. The van der Waals surface area contributed by atoms with Gasteiger partial charge in [-0.05, 0) is 70.7 Å². The minimum Gasteiger partial charge on any atom is -0.311 e. The molecule has 1 spiro atoms. The predicted octanol–water partition coefficient (Wildman–Crippen LogP) is 4.99. The first kappa shape index (κ1) is 17.2. The molecule has 5 rings (SSSR count). The Morgan fingerprint density at radius 1 is 1.30 bits per heavy atom. The lowest BCUT2D eigenvalue weighted by molar-refractivity contribution is -0.120. The third kappa shape index (κ3) is 2.47. The fraction of sp³-hybridized carbons (Fsp3) is 0.364. The van der Waals surface area contributed by atoms with Crippen molar-refractivity contribution < 1.29 is 4.79 Å². The first-order valence-corrected chi connectivity index (χ1v) is 10.6. The van der Waals surface area contributed by atoms with E-state index in [1.165, 1.54) is 11.1 Å². The van der Waals surface area contributed by atoms with Crippen LogP contribution in [-0.4, -0.2) is 22.6 Å². The van der Waals surface area contributed by atoms with Crippen LogP contribution in [0.1, 0.15) is 43.7 Å². The number of anilines is 1. The van der Waals surface area contributed by atoms with Gasteiger partial charge in [-0.25, -0.2) is 0 Å². The topological polar surface area (TPSA) is 49.0 Å². The Labute approximate surface area is 172 Å². The van der Waals surface area contributed by atoms with Gasteiger partial charge in [0.2, 0.25) is 5.91 Å². The molecule has 2 atom stereocenters. The zero-order valence-electron chi connectivity index (χ0n) is 15.5. The molecule has 1 aliphatic carbocycles. The van der Waals surface area contributed by atoms with E-state index in [1.54, 1.807) is 0 Å². The van der Waals surface area contributed by atoms with E-state index in [-0.39, 0.29) is 17.2 Å². The van der Waals surface area contributed by atoms with Gasteiger partial charge >= 0.3 is 0 Å². The van der Waals surface area contributed by atoms with E-state index in [4.69, 9.17) is 0 Å². The number of aromatic nitrogens is 2. The third-order valence-electron chi connectivity index (χ3n) is 6.14. The molecule has 27 heavy (non-hydrogen) atoms. The second kappa shape index (κ2) is 6.06. The summed E-state index contributed by atoms with van der Waals surface area (Å²) in [6, 6.07) is 14.9. The Bertz CT molecular complexity index is 1060. The molecular weight excluding hydrogens is 449 g/mol. The number of amides is 1. The lowest BCUT2D eigenvalue weighted by atomic mass is 9.92. The van der Waals surface area contributed by atoms with Crippen molar-refractivity contribution in [1.82, 2.24) is 10.2 Å². The van der Waals surface area contributed by atoms with Gasteiger partial charge in [0.05, 0.1) is 10.9 Å². The van der Waals surface area contributed by atoms with Crippen LogP contribution in [0.25, 0.3) is 10.9 Å². The predicted molar refractivity (Wildman–Crippen MR) is 116 cm³/mol. The standard InChI is InChI=1S/C22H22IN3O/c1-13(2)9-10-26-19-6-4-3-5-16(19)22(21(26)27)12-17(22)14-7-8-15-18(11-14)24-25-20(15)23/h3-8,11,13,17H,9-10,12H2,1-2H3,(H,24,25)/t17-,22-/m0/s1. The molecule has 2 heterocycles. The summed E-state index contributed by atoms with van der Waals surface area (Å²) < 4.78 is 0.988. The molecule has 138 valence electrons. The summed E-state index contributed by atoms with van der Waals surface area (Å²) in [5.74, 6) is 1.12. The molecule has 0 saturated heterocycles. The van der Waals surface area contributed by atoms with E-state index in [0.717, 1.165) is 39.7 Å². The monoisotopic (exact) mass is 471 g/mol. The number of carbonyl (C=O) groups excluding carboxylic acids is 1. The molecule has 0 unspecified atom stereocenters. The summed E-state index contributed by atoms with van der Waals surface area (Å²) in [4.78, 5) is 15.5. The molecule has 1 aliphatic heterocycles. The largest absolute Gasteiger partial charge is 0.311 e. The molecule has 1 amide bonds. The van der Waals surface area contributed by atoms with Crippen molar-refractivity contribution in [2.24, 2.45) is 5.92 Å².